The summed E-state index contributed by atoms with van der Waals surface area (Å²) in [4.78, 5) is 34.3. The molecule has 0 spiro atoms. The molecule has 0 atom stereocenters. The van der Waals surface area contributed by atoms with Crippen LogP contribution in [0.3, 0.4) is 0 Å². The van der Waals surface area contributed by atoms with E-state index in [9.17, 15) is 18.0 Å². The van der Waals surface area contributed by atoms with Crippen molar-refractivity contribution in [3.63, 3.8) is 0 Å². The fraction of sp³-hybridized carbons (Fsp3) is 0.429. The molecule has 34 heavy (non-hydrogen) atoms. The van der Waals surface area contributed by atoms with Gasteiger partial charge in [0, 0.05) is 50.2 Å². The molecule has 1 fully saturated rings. The number of alkyl halides is 3. The molecule has 4 aromatic heterocycles. The van der Waals surface area contributed by atoms with E-state index in [1.54, 1.807) is 20.0 Å². The average molecular weight is 491 g/mol. The summed E-state index contributed by atoms with van der Waals surface area (Å²) >= 11 is 1.54. The highest BCUT2D eigenvalue weighted by Gasteiger charge is 2.37. The van der Waals surface area contributed by atoms with Gasteiger partial charge in [-0.05, 0) is 38.0 Å². The Hall–Kier alpha value is -3.35. The highest BCUT2D eigenvalue weighted by atomic mass is 32.1. The lowest BCUT2D eigenvalue weighted by molar-refractivity contribution is -0.144. The van der Waals surface area contributed by atoms with Crippen LogP contribution in [0, 0.1) is 13.8 Å². The summed E-state index contributed by atoms with van der Waals surface area (Å²) in [6, 6.07) is 3.79. The average Bonchev–Trinajstić information content (AvgIpc) is 3.43. The second kappa shape index (κ2) is 8.46. The molecule has 0 radical (unpaired) electrons. The number of pyridine rings is 1. The van der Waals surface area contributed by atoms with Crippen molar-refractivity contribution >= 4 is 38.5 Å². The molecule has 4 aromatic rings. The summed E-state index contributed by atoms with van der Waals surface area (Å²) in [5.41, 5.74) is 2.63. The molecule has 9 nitrogen and oxygen atoms in total. The number of amides is 1. The smallest absolute Gasteiger partial charge is 0.344 e. The van der Waals surface area contributed by atoms with Gasteiger partial charge in [-0.1, -0.05) is 11.3 Å². The maximum Gasteiger partial charge on any atom is 0.453 e. The molecule has 1 aliphatic rings. The van der Waals surface area contributed by atoms with Crippen LogP contribution >= 0.6 is 11.3 Å². The van der Waals surface area contributed by atoms with Gasteiger partial charge in [0.05, 0.1) is 0 Å². The number of rotatable bonds is 4. The van der Waals surface area contributed by atoms with Crippen molar-refractivity contribution in [1.29, 1.82) is 0 Å². The van der Waals surface area contributed by atoms with E-state index < -0.39 is 12.0 Å². The maximum atomic E-state index is 13.0. The molecule has 1 saturated heterocycles. The van der Waals surface area contributed by atoms with Crippen LogP contribution in [0.4, 0.5) is 18.3 Å². The number of fused-ring (bicyclic) bond motifs is 2. The number of nitrogens with zero attached hydrogens (tertiary/aromatic N) is 8. The summed E-state index contributed by atoms with van der Waals surface area (Å²) in [6.45, 7) is 5.89. The third-order valence-corrected chi connectivity index (χ3v) is 6.99. The van der Waals surface area contributed by atoms with Crippen LogP contribution in [-0.2, 0) is 17.4 Å². The lowest BCUT2D eigenvalue weighted by Gasteiger charge is -2.34. The number of anilines is 1. The number of aromatic nitrogens is 6. The van der Waals surface area contributed by atoms with Gasteiger partial charge in [0.1, 0.15) is 10.3 Å². The number of carbonyl (C=O) groups excluding carboxylic acids is 1. The molecule has 1 amide bonds. The van der Waals surface area contributed by atoms with Gasteiger partial charge in [0.2, 0.25) is 5.91 Å². The molecule has 0 aliphatic carbocycles. The number of hydrogen-bond acceptors (Lipinski definition) is 8. The van der Waals surface area contributed by atoms with Gasteiger partial charge in [-0.25, -0.2) is 19.5 Å². The molecule has 1 aliphatic heterocycles. The number of aryl methyl sites for hydroxylation is 2. The third kappa shape index (κ3) is 4.15. The van der Waals surface area contributed by atoms with Crippen LogP contribution in [0.2, 0.25) is 0 Å². The minimum absolute atomic E-state index is 0.000848. The number of carbonyl (C=O) groups is 1. The second-order valence-electron chi connectivity index (χ2n) is 8.10. The minimum Gasteiger partial charge on any atom is -0.344 e. The van der Waals surface area contributed by atoms with E-state index in [4.69, 9.17) is 0 Å². The van der Waals surface area contributed by atoms with Crippen molar-refractivity contribution in [2.45, 2.75) is 32.9 Å². The van der Waals surface area contributed by atoms with E-state index >= 15 is 0 Å². The first kappa shape index (κ1) is 22.4. The van der Waals surface area contributed by atoms with Gasteiger partial charge < -0.3 is 9.80 Å². The van der Waals surface area contributed by atoms with E-state index in [1.165, 1.54) is 11.3 Å². The Bertz CT molecular complexity index is 1340. The number of piperazine rings is 1. The zero-order valence-electron chi connectivity index (χ0n) is 18.5. The van der Waals surface area contributed by atoms with Gasteiger partial charge in [0.25, 0.3) is 11.6 Å². The van der Waals surface area contributed by atoms with Gasteiger partial charge in [-0.15, -0.1) is 5.10 Å². The summed E-state index contributed by atoms with van der Waals surface area (Å²) in [5.74, 6) is -1.32. The Kier molecular flexibility index (Phi) is 5.58. The fourth-order valence-electron chi connectivity index (χ4n) is 4.12. The highest BCUT2D eigenvalue weighted by Crippen LogP contribution is 2.29. The zero-order chi connectivity index (χ0) is 24.0. The Morgan fingerprint density at radius 3 is 2.59 bits per heavy atom. The van der Waals surface area contributed by atoms with Crippen LogP contribution in [0.5, 0.6) is 0 Å². The first-order chi connectivity index (χ1) is 16.2. The van der Waals surface area contributed by atoms with Crippen LogP contribution in [0.25, 0.3) is 16.1 Å². The Morgan fingerprint density at radius 2 is 1.88 bits per heavy atom. The molecule has 13 heteroatoms. The molecular formula is C21H21F3N8OS. The normalized spacial score (nSPS) is 15.0. The predicted octanol–water partition coefficient (Wildman–Crippen LogP) is 3.05. The van der Waals surface area contributed by atoms with Crippen molar-refractivity contribution in [3.05, 3.63) is 41.1 Å². The van der Waals surface area contributed by atoms with Gasteiger partial charge in [-0.3, -0.25) is 4.79 Å². The quantitative estimate of drug-likeness (QED) is 0.434. The van der Waals surface area contributed by atoms with Crippen LogP contribution in [0.15, 0.2) is 18.3 Å². The molecule has 5 rings (SSSR count). The molecule has 0 aromatic carbocycles. The lowest BCUT2D eigenvalue weighted by atomic mass is 10.1. The number of halogens is 3. The first-order valence-corrected chi connectivity index (χ1v) is 11.6. The van der Waals surface area contributed by atoms with E-state index in [-0.39, 0.29) is 18.1 Å². The molecule has 0 unspecified atom stereocenters. The van der Waals surface area contributed by atoms with Crippen LogP contribution in [-0.4, -0.2) is 66.5 Å². The topological polar surface area (TPSA) is 92.4 Å². The van der Waals surface area contributed by atoms with Crippen molar-refractivity contribution in [3.8, 4) is 0 Å². The van der Waals surface area contributed by atoms with Crippen LogP contribution in [0.1, 0.15) is 29.2 Å². The van der Waals surface area contributed by atoms with Crippen molar-refractivity contribution in [2.75, 3.05) is 31.1 Å². The Balaban J connectivity index is 1.23. The Labute approximate surface area is 196 Å². The predicted molar refractivity (Wildman–Crippen MR) is 120 cm³/mol. The number of thiazole rings is 1. The SMILES string of the molecule is Cc1nc2nc(C(F)(F)F)nn2c(C)c1CCC(=O)N1CCN(c2nc3cccnc3s2)CC1. The van der Waals surface area contributed by atoms with Crippen molar-refractivity contribution in [2.24, 2.45) is 0 Å². The first-order valence-electron chi connectivity index (χ1n) is 10.7. The van der Waals surface area contributed by atoms with E-state index in [1.807, 2.05) is 17.0 Å². The molecule has 0 N–H and O–H groups in total. The summed E-state index contributed by atoms with van der Waals surface area (Å²) in [6.07, 6.45) is -2.30. The summed E-state index contributed by atoms with van der Waals surface area (Å²) < 4.78 is 40.0. The number of hydrogen-bond donors (Lipinski definition) is 0. The largest absolute Gasteiger partial charge is 0.453 e. The summed E-state index contributed by atoms with van der Waals surface area (Å²) in [5, 5.41) is 4.46. The van der Waals surface area contributed by atoms with Gasteiger partial charge in [-0.2, -0.15) is 18.2 Å². The van der Waals surface area contributed by atoms with E-state index in [0.29, 0.717) is 49.6 Å². The molecule has 0 bridgehead atoms. The highest BCUT2D eigenvalue weighted by molar-refractivity contribution is 7.21. The maximum absolute atomic E-state index is 13.0. The van der Waals surface area contributed by atoms with E-state index in [0.717, 1.165) is 20.0 Å². The third-order valence-electron chi connectivity index (χ3n) is 5.95. The molecule has 0 saturated carbocycles. The van der Waals surface area contributed by atoms with Crippen molar-refractivity contribution in [1.82, 2.24) is 34.4 Å². The summed E-state index contributed by atoms with van der Waals surface area (Å²) in [7, 11) is 0. The molecule has 178 valence electrons. The van der Waals surface area contributed by atoms with Crippen molar-refractivity contribution < 1.29 is 18.0 Å². The molecular weight excluding hydrogens is 469 g/mol. The monoisotopic (exact) mass is 490 g/mol. The van der Waals surface area contributed by atoms with Gasteiger partial charge in [0.15, 0.2) is 5.13 Å². The van der Waals surface area contributed by atoms with Gasteiger partial charge >= 0.3 is 6.18 Å². The van der Waals surface area contributed by atoms with Crippen LogP contribution < -0.4 is 4.90 Å². The van der Waals surface area contributed by atoms with E-state index in [2.05, 4.69) is 29.9 Å². The standard InChI is InChI=1S/C21H21F3N8OS/c1-12-14(13(2)32-19(26-12)28-18(29-32)21(22,23)24)5-6-16(33)30-8-10-31(11-9-30)20-27-15-4-3-7-25-17(15)34-20/h3-4,7H,5-6,8-11H2,1-2H3. The zero-order valence-corrected chi connectivity index (χ0v) is 19.3. The minimum atomic E-state index is -4.64. The molecule has 5 heterocycles. The fourth-order valence-corrected chi connectivity index (χ4v) is 5.08. The lowest BCUT2D eigenvalue weighted by Crippen LogP contribution is -2.48. The second-order valence-corrected chi connectivity index (χ2v) is 9.05. The Morgan fingerprint density at radius 1 is 1.12 bits per heavy atom.